The van der Waals surface area contributed by atoms with Gasteiger partial charge in [-0.05, 0) is 18.2 Å². The number of nitrogens with one attached hydrogen (secondary N) is 2. The summed E-state index contributed by atoms with van der Waals surface area (Å²) in [5.74, 6) is 0. The maximum atomic E-state index is 4.43. The summed E-state index contributed by atoms with van der Waals surface area (Å²) in [6.45, 7) is 0. The van der Waals surface area contributed by atoms with Crippen LogP contribution in [0.5, 0.6) is 0 Å². The normalized spacial score (nSPS) is 11.3. The van der Waals surface area contributed by atoms with E-state index in [1.807, 2.05) is 30.7 Å². The van der Waals surface area contributed by atoms with Crippen LogP contribution in [0.25, 0.3) is 33.1 Å². The first-order valence-electron chi connectivity index (χ1n) is 5.91. The molecule has 18 heavy (non-hydrogen) atoms. The lowest BCUT2D eigenvalue weighted by Crippen LogP contribution is -1.80. The summed E-state index contributed by atoms with van der Waals surface area (Å²) >= 11 is 0. The van der Waals surface area contributed by atoms with Crippen LogP contribution >= 0.6 is 0 Å². The Bertz CT molecular complexity index is 839. The van der Waals surface area contributed by atoms with Gasteiger partial charge in [-0.3, -0.25) is 0 Å². The number of nitrogens with zero attached hydrogens (tertiary/aromatic N) is 1. The predicted octanol–water partition coefficient (Wildman–Crippen LogP) is 3.71. The Hall–Kier alpha value is -2.55. The number of para-hydroxylation sites is 1. The van der Waals surface area contributed by atoms with Crippen molar-refractivity contribution in [1.82, 2.24) is 15.0 Å². The first kappa shape index (κ1) is 9.48. The van der Waals surface area contributed by atoms with Gasteiger partial charge in [-0.15, -0.1) is 0 Å². The topological polar surface area (TPSA) is 44.5 Å². The van der Waals surface area contributed by atoms with Gasteiger partial charge in [0.2, 0.25) is 0 Å². The van der Waals surface area contributed by atoms with E-state index in [1.165, 1.54) is 10.9 Å². The van der Waals surface area contributed by atoms with Crippen molar-refractivity contribution in [3.05, 3.63) is 55.0 Å². The van der Waals surface area contributed by atoms with Crippen LogP contribution in [0.1, 0.15) is 0 Å². The third-order valence-corrected chi connectivity index (χ3v) is 3.30. The van der Waals surface area contributed by atoms with Crippen molar-refractivity contribution in [1.29, 1.82) is 0 Å². The number of hydrogen-bond donors (Lipinski definition) is 2. The minimum atomic E-state index is 0.929. The summed E-state index contributed by atoms with van der Waals surface area (Å²) in [5, 5.41) is 2.37. The number of rotatable bonds is 1. The highest BCUT2D eigenvalue weighted by Gasteiger charge is 2.06. The first-order chi connectivity index (χ1) is 8.92. The maximum Gasteiger partial charge on any atom is 0.137 e. The molecule has 4 rings (SSSR count). The predicted molar refractivity (Wildman–Crippen MR) is 73.4 cm³/mol. The van der Waals surface area contributed by atoms with Gasteiger partial charge in [-0.25, -0.2) is 4.98 Å². The molecule has 0 saturated carbocycles. The van der Waals surface area contributed by atoms with Crippen molar-refractivity contribution in [2.24, 2.45) is 0 Å². The van der Waals surface area contributed by atoms with Crippen molar-refractivity contribution in [2.75, 3.05) is 0 Å². The molecule has 86 valence electrons. The third-order valence-electron chi connectivity index (χ3n) is 3.30. The zero-order chi connectivity index (χ0) is 11.9. The molecule has 0 aliphatic heterocycles. The summed E-state index contributed by atoms with van der Waals surface area (Å²) in [5.41, 5.74) is 4.42. The smallest absolute Gasteiger partial charge is 0.137 e. The largest absolute Gasteiger partial charge is 0.361 e. The third kappa shape index (κ3) is 1.27. The zero-order valence-corrected chi connectivity index (χ0v) is 9.64. The van der Waals surface area contributed by atoms with Crippen LogP contribution < -0.4 is 0 Å². The molecule has 0 radical (unpaired) electrons. The van der Waals surface area contributed by atoms with Crippen molar-refractivity contribution < 1.29 is 0 Å². The monoisotopic (exact) mass is 233 g/mol. The van der Waals surface area contributed by atoms with Crippen LogP contribution in [0.2, 0.25) is 0 Å². The van der Waals surface area contributed by atoms with Crippen LogP contribution in [-0.4, -0.2) is 15.0 Å². The van der Waals surface area contributed by atoms with E-state index in [4.69, 9.17) is 0 Å². The quantitative estimate of drug-likeness (QED) is 0.517. The number of fused-ring (bicyclic) bond motifs is 2. The van der Waals surface area contributed by atoms with E-state index in [1.54, 1.807) is 0 Å². The van der Waals surface area contributed by atoms with E-state index >= 15 is 0 Å². The van der Waals surface area contributed by atoms with Crippen LogP contribution in [0, 0.1) is 0 Å². The molecule has 0 fully saturated rings. The molecule has 0 saturated heterocycles. The van der Waals surface area contributed by atoms with E-state index in [0.29, 0.717) is 0 Å². The molecule has 3 nitrogen and oxygen atoms in total. The number of aromatic nitrogens is 3. The molecule has 0 bridgehead atoms. The number of hydrogen-bond acceptors (Lipinski definition) is 1. The minimum Gasteiger partial charge on any atom is -0.361 e. The Labute approximate surface area is 103 Å². The molecule has 3 aromatic heterocycles. The van der Waals surface area contributed by atoms with Crippen molar-refractivity contribution in [3.8, 4) is 11.1 Å². The van der Waals surface area contributed by atoms with Crippen LogP contribution in [-0.2, 0) is 0 Å². The van der Waals surface area contributed by atoms with Gasteiger partial charge >= 0.3 is 0 Å². The Morgan fingerprint density at radius 1 is 1.00 bits per heavy atom. The second-order valence-corrected chi connectivity index (χ2v) is 4.39. The van der Waals surface area contributed by atoms with E-state index in [0.717, 1.165) is 22.1 Å². The highest BCUT2D eigenvalue weighted by Crippen LogP contribution is 2.29. The Morgan fingerprint density at radius 2 is 1.94 bits per heavy atom. The molecule has 4 aromatic rings. The maximum absolute atomic E-state index is 4.43. The van der Waals surface area contributed by atoms with Crippen molar-refractivity contribution >= 4 is 21.9 Å². The van der Waals surface area contributed by atoms with Crippen LogP contribution in [0.15, 0.2) is 55.0 Å². The standard InChI is InChI=1S/C15H11N3/c1-2-4-14-12(3-1)13(9-17-14)11-7-10-5-6-16-15(10)18-8-11/h1-9,17H,(H,16,18). The highest BCUT2D eigenvalue weighted by molar-refractivity contribution is 5.96. The average Bonchev–Trinajstić information content (AvgIpc) is 3.04. The van der Waals surface area contributed by atoms with Crippen LogP contribution in [0.3, 0.4) is 0 Å². The van der Waals surface area contributed by atoms with Gasteiger partial charge in [0.05, 0.1) is 0 Å². The highest BCUT2D eigenvalue weighted by atomic mass is 14.8. The lowest BCUT2D eigenvalue weighted by molar-refractivity contribution is 1.33. The average molecular weight is 233 g/mol. The summed E-state index contributed by atoms with van der Waals surface area (Å²) in [7, 11) is 0. The lowest BCUT2D eigenvalue weighted by Gasteiger charge is -1.99. The fourth-order valence-corrected chi connectivity index (χ4v) is 2.40. The second-order valence-electron chi connectivity index (χ2n) is 4.39. The fraction of sp³-hybridized carbons (Fsp3) is 0. The van der Waals surface area contributed by atoms with E-state index in [2.05, 4.69) is 39.2 Å². The Kier molecular flexibility index (Phi) is 1.83. The summed E-state index contributed by atoms with van der Waals surface area (Å²) < 4.78 is 0. The van der Waals surface area contributed by atoms with E-state index in [-0.39, 0.29) is 0 Å². The van der Waals surface area contributed by atoms with Crippen molar-refractivity contribution in [3.63, 3.8) is 0 Å². The molecule has 0 amide bonds. The van der Waals surface area contributed by atoms with Gasteiger partial charge in [-0.1, -0.05) is 18.2 Å². The molecule has 0 spiro atoms. The Balaban J connectivity index is 2.00. The molecular weight excluding hydrogens is 222 g/mol. The molecule has 3 heteroatoms. The summed E-state index contributed by atoms with van der Waals surface area (Å²) in [4.78, 5) is 10.8. The summed E-state index contributed by atoms with van der Waals surface area (Å²) in [6, 6.07) is 12.5. The molecule has 0 atom stereocenters. The van der Waals surface area contributed by atoms with Gasteiger partial charge in [0, 0.05) is 46.0 Å². The SMILES string of the molecule is c1ccc2c(-c3cnc4[nH]ccc4c3)c[nH]c2c1. The molecule has 3 heterocycles. The summed E-state index contributed by atoms with van der Waals surface area (Å²) in [6.07, 6.45) is 5.87. The van der Waals surface area contributed by atoms with Gasteiger partial charge in [0.25, 0.3) is 0 Å². The first-order valence-corrected chi connectivity index (χ1v) is 5.91. The lowest BCUT2D eigenvalue weighted by atomic mass is 10.1. The molecule has 2 N–H and O–H groups in total. The zero-order valence-electron chi connectivity index (χ0n) is 9.64. The molecule has 1 aromatic carbocycles. The second kappa shape index (κ2) is 3.47. The minimum absolute atomic E-state index is 0.929. The van der Waals surface area contributed by atoms with Crippen LogP contribution in [0.4, 0.5) is 0 Å². The fourth-order valence-electron chi connectivity index (χ4n) is 2.40. The van der Waals surface area contributed by atoms with E-state index in [9.17, 15) is 0 Å². The van der Waals surface area contributed by atoms with Gasteiger partial charge in [0.15, 0.2) is 0 Å². The Morgan fingerprint density at radius 3 is 2.94 bits per heavy atom. The number of pyridine rings is 1. The molecule has 0 aliphatic carbocycles. The molecule has 0 aliphatic rings. The molecule has 0 unspecified atom stereocenters. The number of aromatic amines is 2. The van der Waals surface area contributed by atoms with Gasteiger partial charge < -0.3 is 9.97 Å². The van der Waals surface area contributed by atoms with Crippen molar-refractivity contribution in [2.45, 2.75) is 0 Å². The molecular formula is C15H11N3. The number of benzene rings is 1. The van der Waals surface area contributed by atoms with Gasteiger partial charge in [0.1, 0.15) is 5.65 Å². The van der Waals surface area contributed by atoms with E-state index < -0.39 is 0 Å². The van der Waals surface area contributed by atoms with Gasteiger partial charge in [-0.2, -0.15) is 0 Å². The number of H-pyrrole nitrogens is 2.